The predicted molar refractivity (Wildman–Crippen MR) is 193 cm³/mol. The van der Waals surface area contributed by atoms with E-state index in [-0.39, 0.29) is 29.2 Å². The van der Waals surface area contributed by atoms with Crippen LogP contribution >= 0.6 is 0 Å². The second kappa shape index (κ2) is 14.3. The van der Waals surface area contributed by atoms with Crippen LogP contribution in [0.2, 0.25) is 0 Å². The largest absolute Gasteiger partial charge is 0.508 e. The molecule has 0 spiro atoms. The number of carbonyl (C=O) groups is 1. The van der Waals surface area contributed by atoms with Gasteiger partial charge in [0.05, 0.1) is 12.9 Å². The van der Waals surface area contributed by atoms with Gasteiger partial charge in [0, 0.05) is 49.4 Å². The van der Waals surface area contributed by atoms with E-state index in [1.807, 2.05) is 36.1 Å². The Morgan fingerprint density at radius 2 is 1.74 bits per heavy atom. The maximum atomic E-state index is 12.3. The fourth-order valence-corrected chi connectivity index (χ4v) is 7.15. The van der Waals surface area contributed by atoms with E-state index in [0.29, 0.717) is 61.1 Å². The number of pyridine rings is 1. The minimum absolute atomic E-state index is 0.0740. The predicted octanol–water partition coefficient (Wildman–Crippen LogP) is 1.97. The summed E-state index contributed by atoms with van der Waals surface area (Å²) in [5.41, 5.74) is 9.39. The average Bonchev–Trinajstić information content (AvgIpc) is 4.00. The van der Waals surface area contributed by atoms with Gasteiger partial charge < -0.3 is 41.1 Å². The first kappa shape index (κ1) is 34.8. The topological polar surface area (TPSA) is 249 Å². The number of phenolic OH excluding ortho intramolecular Hbond substituents is 2. The number of nitrogens with one attached hydrogen (secondary N) is 1. The van der Waals surface area contributed by atoms with Gasteiger partial charge in [-0.2, -0.15) is 14.8 Å². The lowest BCUT2D eigenvalue weighted by Gasteiger charge is -2.22. The highest BCUT2D eigenvalue weighted by Crippen LogP contribution is 2.40. The van der Waals surface area contributed by atoms with Gasteiger partial charge in [-0.05, 0) is 65.6 Å². The van der Waals surface area contributed by atoms with Gasteiger partial charge in [-0.3, -0.25) is 14.3 Å². The number of anilines is 2. The molecule has 6 aromatic rings. The van der Waals surface area contributed by atoms with Crippen LogP contribution in [0.1, 0.15) is 70.4 Å². The monoisotopic (exact) mass is 734 g/mol. The number of tetrazole rings is 1. The van der Waals surface area contributed by atoms with E-state index < -0.39 is 30.4 Å². The lowest BCUT2D eigenvalue weighted by molar-refractivity contribution is -0.0384. The summed E-state index contributed by atoms with van der Waals surface area (Å²) in [5, 5.41) is 58.1. The van der Waals surface area contributed by atoms with Gasteiger partial charge in [0.1, 0.15) is 23.7 Å². The number of hydrogen-bond acceptors (Lipinski definition) is 15. The van der Waals surface area contributed by atoms with Crippen LogP contribution in [-0.4, -0.2) is 103 Å². The maximum absolute atomic E-state index is 12.3. The van der Waals surface area contributed by atoms with Gasteiger partial charge in [0.15, 0.2) is 29.3 Å². The van der Waals surface area contributed by atoms with Crippen LogP contribution in [-0.2, 0) is 11.3 Å². The molecule has 6 heterocycles. The number of amides is 1. The normalized spacial score (nSPS) is 21.3. The van der Waals surface area contributed by atoms with Crippen LogP contribution in [0.25, 0.3) is 11.2 Å². The van der Waals surface area contributed by atoms with Crippen molar-refractivity contribution in [3.05, 3.63) is 101 Å². The van der Waals surface area contributed by atoms with Crippen LogP contribution in [0.5, 0.6) is 11.5 Å². The summed E-state index contributed by atoms with van der Waals surface area (Å²) < 4.78 is 7.75. The number of aromatic nitrogens is 9. The molecule has 0 bridgehead atoms. The first-order valence-corrected chi connectivity index (χ1v) is 17.5. The number of ether oxygens (including phenoxy) is 1. The molecule has 18 heteroatoms. The third kappa shape index (κ3) is 6.50. The Morgan fingerprint density at radius 1 is 1.02 bits per heavy atom. The summed E-state index contributed by atoms with van der Waals surface area (Å²) in [6.45, 7) is 3.67. The van der Waals surface area contributed by atoms with Crippen molar-refractivity contribution in [1.29, 1.82) is 0 Å². The standard InChI is InChI=1S/C36H38N12O6/c1-2-48-44-33(43-45-48)30-28(51)29(52)35(54-30)47-18-40-27-32(39-16-25(19-3-7-22(49)8-4-19)20-5-9-23(50)10-6-20)41-36(42-34(27)47)46-14-12-21(17-46)26-15-38-13-11-24(26)31(37)53/h3-11,13,15,18,21,25,28-30,35,49-52H,2,12,14,16-17H2,1H3,(H2,37,53)(H,39,41,42)/t21-,28-,29+,30-,35+/m0/s1. The fourth-order valence-electron chi connectivity index (χ4n) is 7.15. The van der Waals surface area contributed by atoms with E-state index in [0.717, 1.165) is 16.7 Å². The molecule has 2 aliphatic heterocycles. The maximum Gasteiger partial charge on any atom is 0.249 e. The molecule has 7 N–H and O–H groups in total. The Bertz CT molecular complexity index is 2240. The van der Waals surface area contributed by atoms with Crippen molar-refractivity contribution in [3.63, 3.8) is 0 Å². The zero-order valence-electron chi connectivity index (χ0n) is 29.1. The zero-order valence-corrected chi connectivity index (χ0v) is 29.1. The molecule has 54 heavy (non-hydrogen) atoms. The number of aliphatic hydroxyl groups excluding tert-OH is 2. The Morgan fingerprint density at radius 3 is 2.41 bits per heavy atom. The van der Waals surface area contributed by atoms with E-state index >= 15 is 0 Å². The van der Waals surface area contributed by atoms with Crippen molar-refractivity contribution in [2.45, 2.75) is 56.3 Å². The van der Waals surface area contributed by atoms with Gasteiger partial charge in [-0.1, -0.05) is 24.3 Å². The molecule has 0 aliphatic carbocycles. The van der Waals surface area contributed by atoms with Crippen LogP contribution in [0.3, 0.4) is 0 Å². The highest BCUT2D eigenvalue weighted by Gasteiger charge is 2.47. The minimum Gasteiger partial charge on any atom is -0.508 e. The number of rotatable bonds is 11. The van der Waals surface area contributed by atoms with E-state index in [1.54, 1.807) is 47.3 Å². The summed E-state index contributed by atoms with van der Waals surface area (Å²) >= 11 is 0. The van der Waals surface area contributed by atoms with Crippen molar-refractivity contribution in [2.24, 2.45) is 5.73 Å². The van der Waals surface area contributed by atoms with Gasteiger partial charge in [0.2, 0.25) is 17.7 Å². The van der Waals surface area contributed by atoms with Crippen LogP contribution in [0.4, 0.5) is 11.8 Å². The number of phenols is 2. The van der Waals surface area contributed by atoms with Crippen molar-refractivity contribution < 1.29 is 30.0 Å². The molecule has 1 amide bonds. The Balaban J connectivity index is 1.17. The smallest absolute Gasteiger partial charge is 0.249 e. The Labute approximate surface area is 307 Å². The van der Waals surface area contributed by atoms with Crippen molar-refractivity contribution >= 4 is 28.8 Å². The van der Waals surface area contributed by atoms with Gasteiger partial charge in [0.25, 0.3) is 0 Å². The van der Waals surface area contributed by atoms with Crippen molar-refractivity contribution in [1.82, 2.24) is 44.7 Å². The third-order valence-electron chi connectivity index (χ3n) is 10.0. The molecule has 18 nitrogen and oxygen atoms in total. The number of fused-ring (bicyclic) bond motifs is 1. The number of hydrogen-bond donors (Lipinski definition) is 6. The summed E-state index contributed by atoms with van der Waals surface area (Å²) in [5.74, 6) is 0.326. The fraction of sp³-hybridized carbons (Fsp3) is 0.333. The molecule has 8 rings (SSSR count). The number of nitrogens with two attached hydrogens (primary N) is 1. The summed E-state index contributed by atoms with van der Waals surface area (Å²) in [6, 6.07) is 15.4. The molecule has 0 saturated carbocycles. The van der Waals surface area contributed by atoms with Crippen LogP contribution in [0, 0.1) is 0 Å². The molecular formula is C36H38N12O6. The number of carbonyl (C=O) groups excluding carboxylic acids is 1. The summed E-state index contributed by atoms with van der Waals surface area (Å²) in [4.78, 5) is 34.4. The van der Waals surface area contributed by atoms with E-state index in [9.17, 15) is 25.2 Å². The average molecular weight is 735 g/mol. The number of primary amides is 1. The first-order valence-electron chi connectivity index (χ1n) is 17.5. The highest BCUT2D eigenvalue weighted by atomic mass is 16.6. The molecule has 5 atom stereocenters. The number of aryl methyl sites for hydroxylation is 1. The zero-order chi connectivity index (χ0) is 37.5. The molecule has 2 saturated heterocycles. The molecule has 278 valence electrons. The lowest BCUT2D eigenvalue weighted by Crippen LogP contribution is -2.29. The highest BCUT2D eigenvalue weighted by molar-refractivity contribution is 5.94. The first-order chi connectivity index (χ1) is 26.2. The van der Waals surface area contributed by atoms with E-state index in [1.165, 1.54) is 11.1 Å². The molecule has 2 fully saturated rings. The minimum atomic E-state index is -1.39. The number of imidazole rings is 1. The molecule has 0 unspecified atom stereocenters. The lowest BCUT2D eigenvalue weighted by atomic mass is 9.91. The molecule has 2 aliphatic rings. The van der Waals surface area contributed by atoms with Crippen molar-refractivity contribution in [2.75, 3.05) is 29.9 Å². The number of aromatic hydroxyl groups is 2. The second-order valence-electron chi connectivity index (χ2n) is 13.3. The molecule has 0 radical (unpaired) electrons. The SMILES string of the molecule is CCn1nnc([C@H]2O[C@@H](n3cnc4c(NCC(c5ccc(O)cc5)c5ccc(O)cc5)nc(N5CC[C@H](c6cnccc6C(N)=O)C5)nc43)[C@H](O)[C@@H]2O)n1. The number of benzene rings is 2. The second-order valence-corrected chi connectivity index (χ2v) is 13.3. The molecular weight excluding hydrogens is 696 g/mol. The summed E-state index contributed by atoms with van der Waals surface area (Å²) in [6.07, 6.45) is 0.446. The quantitative estimate of drug-likeness (QED) is 0.111. The summed E-state index contributed by atoms with van der Waals surface area (Å²) in [7, 11) is 0. The number of nitrogens with zero attached hydrogens (tertiary/aromatic N) is 10. The van der Waals surface area contributed by atoms with Gasteiger partial charge in [-0.15, -0.1) is 10.2 Å². The van der Waals surface area contributed by atoms with E-state index in [4.69, 9.17) is 20.4 Å². The number of aliphatic hydroxyl groups is 2. The Kier molecular flexibility index (Phi) is 9.22. The Hall–Kier alpha value is -6.24. The van der Waals surface area contributed by atoms with Gasteiger partial charge in [-0.25, -0.2) is 4.98 Å². The van der Waals surface area contributed by atoms with Gasteiger partial charge >= 0.3 is 0 Å². The van der Waals surface area contributed by atoms with E-state index in [2.05, 4.69) is 30.7 Å². The van der Waals surface area contributed by atoms with Crippen molar-refractivity contribution in [3.8, 4) is 11.5 Å². The molecule has 2 aromatic carbocycles. The molecule has 4 aromatic heterocycles. The van der Waals surface area contributed by atoms with Crippen LogP contribution < -0.4 is 16.0 Å². The van der Waals surface area contributed by atoms with Crippen LogP contribution in [0.15, 0.2) is 73.3 Å². The third-order valence-corrected chi connectivity index (χ3v) is 10.0.